The molecule has 2 aromatic heterocycles. The highest BCUT2D eigenvalue weighted by atomic mass is 32.1. The molecule has 28 heavy (non-hydrogen) atoms. The van der Waals surface area contributed by atoms with Crippen molar-refractivity contribution in [1.82, 2.24) is 14.5 Å². The number of amides is 1. The fourth-order valence-corrected chi connectivity index (χ4v) is 4.37. The van der Waals surface area contributed by atoms with Gasteiger partial charge in [0.15, 0.2) is 0 Å². The lowest BCUT2D eigenvalue weighted by Crippen LogP contribution is -2.48. The molecule has 1 aliphatic heterocycles. The Morgan fingerprint density at radius 3 is 2.54 bits per heavy atom. The van der Waals surface area contributed by atoms with Crippen molar-refractivity contribution in [3.8, 4) is 0 Å². The van der Waals surface area contributed by atoms with Crippen LogP contribution in [0.3, 0.4) is 0 Å². The number of thiophene rings is 1. The number of carbonyl (C=O) groups is 1. The van der Waals surface area contributed by atoms with Crippen LogP contribution in [0.2, 0.25) is 0 Å². The number of fused-ring (bicyclic) bond motifs is 1. The van der Waals surface area contributed by atoms with E-state index < -0.39 is 5.69 Å². The van der Waals surface area contributed by atoms with Gasteiger partial charge in [-0.3, -0.25) is 14.2 Å². The second-order valence-corrected chi connectivity index (χ2v) is 7.77. The molecule has 0 radical (unpaired) electrons. The number of nitrogens with zero attached hydrogens (tertiary/aromatic N) is 3. The maximum Gasteiger partial charge on any atom is 0.328 e. The minimum absolute atomic E-state index is 0.0781. The van der Waals surface area contributed by atoms with Gasteiger partial charge in [0.2, 0.25) is 5.91 Å². The van der Waals surface area contributed by atoms with E-state index in [1.807, 2.05) is 23.1 Å². The molecule has 0 aliphatic carbocycles. The number of anilines is 1. The fraction of sp³-hybridized carbons (Fsp3) is 0.350. The van der Waals surface area contributed by atoms with Gasteiger partial charge in [0.25, 0.3) is 5.56 Å². The van der Waals surface area contributed by atoms with Crippen LogP contribution in [-0.2, 0) is 11.3 Å². The van der Waals surface area contributed by atoms with Gasteiger partial charge in [-0.2, -0.15) is 0 Å². The van der Waals surface area contributed by atoms with Gasteiger partial charge in [0.05, 0.1) is 5.52 Å². The molecule has 7 nitrogen and oxygen atoms in total. The first-order valence-corrected chi connectivity index (χ1v) is 10.3. The standard InChI is InChI=1S/C20H22N4O3S/c25-17(23-12-10-22(11-13-23)15-5-2-1-3-6-15)7-4-9-24-19(26)18-16(8-14-28-18)21-20(24)27/h1-3,5-6,8,14H,4,7,9-13H2,(H,21,27). The summed E-state index contributed by atoms with van der Waals surface area (Å²) in [5.74, 6) is 0.0781. The third-order valence-electron chi connectivity index (χ3n) is 5.12. The zero-order valence-corrected chi connectivity index (χ0v) is 16.3. The third kappa shape index (κ3) is 3.73. The number of hydrogen-bond acceptors (Lipinski definition) is 5. The van der Waals surface area contributed by atoms with E-state index in [2.05, 4.69) is 22.0 Å². The average molecular weight is 398 g/mol. The molecular formula is C20H22N4O3S. The van der Waals surface area contributed by atoms with E-state index in [0.717, 1.165) is 13.1 Å². The number of para-hydroxylation sites is 1. The van der Waals surface area contributed by atoms with Gasteiger partial charge < -0.3 is 14.8 Å². The van der Waals surface area contributed by atoms with Gasteiger partial charge in [-0.1, -0.05) is 18.2 Å². The molecule has 146 valence electrons. The number of carbonyl (C=O) groups excluding carboxylic acids is 1. The van der Waals surface area contributed by atoms with Crippen LogP contribution in [0.25, 0.3) is 10.2 Å². The van der Waals surface area contributed by atoms with Crippen molar-refractivity contribution in [1.29, 1.82) is 0 Å². The summed E-state index contributed by atoms with van der Waals surface area (Å²) in [4.78, 5) is 43.9. The average Bonchev–Trinajstić information content (AvgIpc) is 3.19. The van der Waals surface area contributed by atoms with Crippen molar-refractivity contribution in [2.75, 3.05) is 31.1 Å². The van der Waals surface area contributed by atoms with E-state index in [9.17, 15) is 14.4 Å². The smallest absolute Gasteiger partial charge is 0.328 e. The van der Waals surface area contributed by atoms with E-state index in [4.69, 9.17) is 0 Å². The van der Waals surface area contributed by atoms with Crippen LogP contribution in [0.4, 0.5) is 5.69 Å². The molecule has 3 aromatic rings. The van der Waals surface area contributed by atoms with Crippen LogP contribution in [0, 0.1) is 0 Å². The summed E-state index contributed by atoms with van der Waals surface area (Å²) in [5.41, 5.74) is 1.05. The van der Waals surface area contributed by atoms with Crippen molar-refractivity contribution in [2.45, 2.75) is 19.4 Å². The third-order valence-corrected chi connectivity index (χ3v) is 6.02. The monoisotopic (exact) mass is 398 g/mol. The number of aromatic nitrogens is 2. The van der Waals surface area contributed by atoms with Gasteiger partial charge in [-0.25, -0.2) is 4.79 Å². The normalized spacial score (nSPS) is 14.6. The predicted octanol–water partition coefficient (Wildman–Crippen LogP) is 1.88. The Kier molecular flexibility index (Phi) is 5.29. The van der Waals surface area contributed by atoms with Gasteiger partial charge >= 0.3 is 5.69 Å². The molecule has 1 N–H and O–H groups in total. The maximum atomic E-state index is 12.5. The summed E-state index contributed by atoms with van der Waals surface area (Å²) >= 11 is 1.31. The van der Waals surface area contributed by atoms with Crippen molar-refractivity contribution in [3.63, 3.8) is 0 Å². The second-order valence-electron chi connectivity index (χ2n) is 6.86. The summed E-state index contributed by atoms with van der Waals surface area (Å²) in [6.45, 7) is 3.25. The molecule has 1 aliphatic rings. The van der Waals surface area contributed by atoms with Crippen LogP contribution < -0.4 is 16.1 Å². The van der Waals surface area contributed by atoms with Crippen molar-refractivity contribution >= 4 is 33.1 Å². The molecule has 4 rings (SSSR count). The highest BCUT2D eigenvalue weighted by Crippen LogP contribution is 2.16. The first-order valence-electron chi connectivity index (χ1n) is 9.41. The summed E-state index contributed by atoms with van der Waals surface area (Å²) in [5, 5.41) is 1.78. The molecule has 3 heterocycles. The first kappa shape index (κ1) is 18.5. The zero-order chi connectivity index (χ0) is 19.5. The van der Waals surface area contributed by atoms with Crippen molar-refractivity contribution in [2.24, 2.45) is 0 Å². The lowest BCUT2D eigenvalue weighted by atomic mass is 10.2. The van der Waals surface area contributed by atoms with Gasteiger partial charge in [-0.15, -0.1) is 11.3 Å². The predicted molar refractivity (Wildman–Crippen MR) is 111 cm³/mol. The summed E-state index contributed by atoms with van der Waals surface area (Å²) in [6.07, 6.45) is 0.803. The Bertz CT molecular complexity index is 1080. The number of aromatic amines is 1. The van der Waals surface area contributed by atoms with Crippen molar-refractivity contribution < 1.29 is 4.79 Å². The second kappa shape index (κ2) is 8.02. The van der Waals surface area contributed by atoms with Gasteiger partial charge in [0.1, 0.15) is 4.70 Å². The maximum absolute atomic E-state index is 12.5. The lowest BCUT2D eigenvalue weighted by molar-refractivity contribution is -0.131. The van der Waals surface area contributed by atoms with E-state index in [0.29, 0.717) is 36.1 Å². The van der Waals surface area contributed by atoms with Crippen LogP contribution in [-0.4, -0.2) is 46.5 Å². The van der Waals surface area contributed by atoms with E-state index >= 15 is 0 Å². The Morgan fingerprint density at radius 2 is 1.79 bits per heavy atom. The number of H-pyrrole nitrogens is 1. The fourth-order valence-electron chi connectivity index (χ4n) is 3.57. The molecule has 0 spiro atoms. The Morgan fingerprint density at radius 1 is 1.04 bits per heavy atom. The number of piperazine rings is 1. The molecule has 0 unspecified atom stereocenters. The minimum atomic E-state index is -0.417. The number of benzene rings is 1. The first-order chi connectivity index (χ1) is 13.6. The van der Waals surface area contributed by atoms with Gasteiger partial charge in [0, 0.05) is 44.8 Å². The molecule has 1 fully saturated rings. The quantitative estimate of drug-likeness (QED) is 0.712. The summed E-state index contributed by atoms with van der Waals surface area (Å²) < 4.78 is 1.74. The summed E-state index contributed by atoms with van der Waals surface area (Å²) in [7, 11) is 0. The molecule has 0 bridgehead atoms. The molecule has 1 amide bonds. The molecule has 8 heteroatoms. The Hall–Kier alpha value is -2.87. The number of rotatable bonds is 5. The highest BCUT2D eigenvalue weighted by molar-refractivity contribution is 7.17. The van der Waals surface area contributed by atoms with Crippen molar-refractivity contribution in [3.05, 3.63) is 62.6 Å². The van der Waals surface area contributed by atoms with E-state index in [1.165, 1.54) is 21.6 Å². The molecular weight excluding hydrogens is 376 g/mol. The van der Waals surface area contributed by atoms with Crippen LogP contribution in [0.1, 0.15) is 12.8 Å². The van der Waals surface area contributed by atoms with Gasteiger partial charge in [-0.05, 0) is 30.0 Å². The Balaban J connectivity index is 1.31. The Labute approximate surface area is 165 Å². The molecule has 1 aromatic carbocycles. The molecule has 0 saturated carbocycles. The molecule has 1 saturated heterocycles. The number of nitrogens with one attached hydrogen (secondary N) is 1. The highest BCUT2D eigenvalue weighted by Gasteiger charge is 2.21. The lowest BCUT2D eigenvalue weighted by Gasteiger charge is -2.36. The largest absolute Gasteiger partial charge is 0.368 e. The summed E-state index contributed by atoms with van der Waals surface area (Å²) in [6, 6.07) is 11.9. The van der Waals surface area contributed by atoms with Crippen LogP contribution >= 0.6 is 11.3 Å². The number of hydrogen-bond donors (Lipinski definition) is 1. The van der Waals surface area contributed by atoms with Crippen LogP contribution in [0.15, 0.2) is 51.4 Å². The molecule has 0 atom stereocenters. The zero-order valence-electron chi connectivity index (χ0n) is 15.5. The van der Waals surface area contributed by atoms with E-state index in [1.54, 1.807) is 11.4 Å². The minimum Gasteiger partial charge on any atom is -0.368 e. The van der Waals surface area contributed by atoms with Crippen LogP contribution in [0.5, 0.6) is 0 Å². The topological polar surface area (TPSA) is 78.4 Å². The SMILES string of the molecule is O=C(CCCn1c(=O)[nH]c2ccsc2c1=O)N1CCN(c2ccccc2)CC1. The van der Waals surface area contributed by atoms with E-state index in [-0.39, 0.29) is 18.0 Å².